The summed E-state index contributed by atoms with van der Waals surface area (Å²) in [7, 11) is 0. The Morgan fingerprint density at radius 1 is 1.47 bits per heavy atom. The van der Waals surface area contributed by atoms with E-state index in [1.54, 1.807) is 0 Å². The zero-order valence-electron chi connectivity index (χ0n) is 10.8. The van der Waals surface area contributed by atoms with Gasteiger partial charge >= 0.3 is 0 Å². The molecule has 0 saturated carbocycles. The summed E-state index contributed by atoms with van der Waals surface area (Å²) in [5, 5.41) is 9.43. The average molecular weight is 234 g/mol. The molecule has 0 amide bonds. The molecule has 1 aliphatic heterocycles. The first-order chi connectivity index (χ1) is 8.26. The molecule has 1 atom stereocenters. The summed E-state index contributed by atoms with van der Waals surface area (Å²) in [6, 6.07) is 2.73. The van der Waals surface area contributed by atoms with E-state index in [9.17, 15) is 5.11 Å². The number of piperidine rings is 1. The first-order valence-corrected chi connectivity index (χ1v) is 6.59. The van der Waals surface area contributed by atoms with Gasteiger partial charge in [-0.15, -0.1) is 0 Å². The van der Waals surface area contributed by atoms with E-state index in [2.05, 4.69) is 22.9 Å². The lowest BCUT2D eigenvalue weighted by molar-refractivity contribution is 0.281. The number of hydrogen-bond donors (Lipinski definition) is 1. The predicted octanol–water partition coefficient (Wildman–Crippen LogP) is 2.65. The van der Waals surface area contributed by atoms with Crippen molar-refractivity contribution in [3.63, 3.8) is 0 Å². The maximum atomic E-state index is 9.43. The number of nitrogens with zero attached hydrogens (tertiary/aromatic N) is 2. The maximum Gasteiger partial charge on any atom is 0.0717 e. The van der Waals surface area contributed by atoms with E-state index in [4.69, 9.17) is 0 Å². The summed E-state index contributed by atoms with van der Waals surface area (Å²) in [6.07, 6.45) is 6.83. The largest absolute Gasteiger partial charge is 0.392 e. The molecular weight excluding hydrogens is 212 g/mol. The van der Waals surface area contributed by atoms with Crippen LogP contribution < -0.4 is 4.90 Å². The Kier molecular flexibility index (Phi) is 4.00. The van der Waals surface area contributed by atoms with Gasteiger partial charge in [-0.2, -0.15) is 0 Å². The van der Waals surface area contributed by atoms with Crippen LogP contribution in [0.25, 0.3) is 0 Å². The van der Waals surface area contributed by atoms with Gasteiger partial charge in [0, 0.05) is 35.7 Å². The molecule has 3 heteroatoms. The fourth-order valence-electron chi connectivity index (χ4n) is 2.71. The van der Waals surface area contributed by atoms with Crippen molar-refractivity contribution in [1.29, 1.82) is 0 Å². The van der Waals surface area contributed by atoms with E-state index >= 15 is 0 Å². The third-order valence-electron chi connectivity index (χ3n) is 3.68. The van der Waals surface area contributed by atoms with Crippen LogP contribution in [-0.2, 0) is 6.61 Å². The minimum atomic E-state index is 0.0789. The normalized spacial score (nSPS) is 20.6. The Hall–Kier alpha value is -1.09. The fraction of sp³-hybridized carbons (Fsp3) is 0.643. The molecule has 0 radical (unpaired) electrons. The standard InChI is InChI=1S/C14H22N2O/c1-3-13-6-4-5-7-16(13)14-8-11(2)15-9-12(14)10-17/h8-9,13,17H,3-7,10H2,1-2H3. The first kappa shape index (κ1) is 12.4. The molecule has 0 aliphatic carbocycles. The highest BCUT2D eigenvalue weighted by Crippen LogP contribution is 2.29. The molecule has 1 saturated heterocycles. The lowest BCUT2D eigenvalue weighted by Crippen LogP contribution is -2.39. The molecule has 94 valence electrons. The molecule has 1 aliphatic rings. The first-order valence-electron chi connectivity index (χ1n) is 6.59. The summed E-state index contributed by atoms with van der Waals surface area (Å²) in [4.78, 5) is 6.73. The highest BCUT2D eigenvalue weighted by atomic mass is 16.3. The van der Waals surface area contributed by atoms with E-state index in [0.717, 1.165) is 17.8 Å². The molecule has 1 unspecified atom stereocenters. The van der Waals surface area contributed by atoms with Gasteiger partial charge in [-0.3, -0.25) is 4.98 Å². The van der Waals surface area contributed by atoms with Crippen LogP contribution in [0.1, 0.15) is 43.9 Å². The third kappa shape index (κ3) is 2.60. The number of aryl methyl sites for hydroxylation is 1. The van der Waals surface area contributed by atoms with Crippen molar-refractivity contribution >= 4 is 5.69 Å². The Labute approximate surface area is 103 Å². The van der Waals surface area contributed by atoms with Gasteiger partial charge in [0.15, 0.2) is 0 Å². The second-order valence-electron chi connectivity index (χ2n) is 4.86. The number of aliphatic hydroxyl groups is 1. The van der Waals surface area contributed by atoms with Crippen LogP contribution in [0.3, 0.4) is 0 Å². The van der Waals surface area contributed by atoms with Gasteiger partial charge in [0.05, 0.1) is 6.61 Å². The van der Waals surface area contributed by atoms with E-state index in [1.807, 2.05) is 13.1 Å². The van der Waals surface area contributed by atoms with E-state index in [1.165, 1.54) is 31.4 Å². The molecule has 0 aromatic carbocycles. The van der Waals surface area contributed by atoms with Crippen molar-refractivity contribution in [2.24, 2.45) is 0 Å². The Morgan fingerprint density at radius 3 is 3.00 bits per heavy atom. The number of rotatable bonds is 3. The highest BCUT2D eigenvalue weighted by molar-refractivity contribution is 5.54. The third-order valence-corrected chi connectivity index (χ3v) is 3.68. The van der Waals surface area contributed by atoms with Gasteiger partial charge in [0.1, 0.15) is 0 Å². The monoisotopic (exact) mass is 234 g/mol. The summed E-state index contributed by atoms with van der Waals surface area (Å²) < 4.78 is 0. The topological polar surface area (TPSA) is 36.4 Å². The highest BCUT2D eigenvalue weighted by Gasteiger charge is 2.23. The van der Waals surface area contributed by atoms with Crippen LogP contribution in [0.5, 0.6) is 0 Å². The van der Waals surface area contributed by atoms with E-state index in [-0.39, 0.29) is 6.61 Å². The van der Waals surface area contributed by atoms with Gasteiger partial charge in [-0.1, -0.05) is 6.92 Å². The van der Waals surface area contributed by atoms with E-state index in [0.29, 0.717) is 6.04 Å². The molecular formula is C14H22N2O. The molecule has 17 heavy (non-hydrogen) atoms. The molecule has 0 bridgehead atoms. The average Bonchev–Trinajstić information content (AvgIpc) is 2.38. The molecule has 2 rings (SSSR count). The summed E-state index contributed by atoms with van der Waals surface area (Å²) in [6.45, 7) is 5.44. The van der Waals surface area contributed by atoms with Crippen LogP contribution in [0.4, 0.5) is 5.69 Å². The molecule has 1 N–H and O–H groups in total. The van der Waals surface area contributed by atoms with Crippen molar-refractivity contribution in [2.45, 2.75) is 52.2 Å². The molecule has 1 aromatic rings. The van der Waals surface area contributed by atoms with Gasteiger partial charge < -0.3 is 10.0 Å². The predicted molar refractivity (Wildman–Crippen MR) is 70.2 cm³/mol. The smallest absolute Gasteiger partial charge is 0.0717 e. The van der Waals surface area contributed by atoms with Crippen LogP contribution in [0.15, 0.2) is 12.3 Å². The van der Waals surface area contributed by atoms with Crippen LogP contribution >= 0.6 is 0 Å². The lowest BCUT2D eigenvalue weighted by atomic mass is 9.98. The van der Waals surface area contributed by atoms with Crippen LogP contribution in [0, 0.1) is 6.92 Å². The molecule has 0 spiro atoms. The quantitative estimate of drug-likeness (QED) is 0.873. The zero-order chi connectivity index (χ0) is 12.3. The van der Waals surface area contributed by atoms with Crippen LogP contribution in [0.2, 0.25) is 0 Å². The molecule has 1 aromatic heterocycles. The zero-order valence-corrected chi connectivity index (χ0v) is 10.8. The van der Waals surface area contributed by atoms with Crippen molar-refractivity contribution in [3.8, 4) is 0 Å². The number of aromatic nitrogens is 1. The number of pyridine rings is 1. The van der Waals surface area contributed by atoms with E-state index < -0.39 is 0 Å². The lowest BCUT2D eigenvalue weighted by Gasteiger charge is -2.38. The Balaban J connectivity index is 2.33. The Bertz CT molecular complexity index is 378. The van der Waals surface area contributed by atoms with Crippen molar-refractivity contribution in [1.82, 2.24) is 4.98 Å². The minimum absolute atomic E-state index is 0.0789. The minimum Gasteiger partial charge on any atom is -0.392 e. The molecule has 2 heterocycles. The van der Waals surface area contributed by atoms with Crippen LogP contribution in [-0.4, -0.2) is 22.7 Å². The Morgan fingerprint density at radius 2 is 2.29 bits per heavy atom. The number of anilines is 1. The second-order valence-corrected chi connectivity index (χ2v) is 4.86. The number of hydrogen-bond acceptors (Lipinski definition) is 3. The maximum absolute atomic E-state index is 9.43. The van der Waals surface area contributed by atoms with Gasteiger partial charge in [0.25, 0.3) is 0 Å². The van der Waals surface area contributed by atoms with Gasteiger partial charge in [-0.05, 0) is 38.7 Å². The van der Waals surface area contributed by atoms with Crippen molar-refractivity contribution < 1.29 is 5.11 Å². The molecule has 1 fully saturated rings. The SMILES string of the molecule is CCC1CCCCN1c1cc(C)ncc1CO. The van der Waals surface area contributed by atoms with Gasteiger partial charge in [0.2, 0.25) is 0 Å². The second kappa shape index (κ2) is 5.50. The summed E-state index contributed by atoms with van der Waals surface area (Å²) in [5.74, 6) is 0. The van der Waals surface area contributed by atoms with Crippen molar-refractivity contribution in [2.75, 3.05) is 11.4 Å². The fourth-order valence-corrected chi connectivity index (χ4v) is 2.71. The van der Waals surface area contributed by atoms with Gasteiger partial charge in [-0.25, -0.2) is 0 Å². The summed E-state index contributed by atoms with van der Waals surface area (Å²) >= 11 is 0. The summed E-state index contributed by atoms with van der Waals surface area (Å²) in [5.41, 5.74) is 3.17. The van der Waals surface area contributed by atoms with Crippen molar-refractivity contribution in [3.05, 3.63) is 23.5 Å². The molecule has 3 nitrogen and oxygen atoms in total. The number of aliphatic hydroxyl groups excluding tert-OH is 1.